The number of hydrogen-bond acceptors (Lipinski definition) is 3. The molecule has 0 radical (unpaired) electrons. The first kappa shape index (κ1) is 11.0. The molecule has 0 aliphatic heterocycles. The zero-order valence-electron chi connectivity index (χ0n) is 9.38. The van der Waals surface area contributed by atoms with Crippen molar-refractivity contribution in [3.05, 3.63) is 36.4 Å². The Bertz CT molecular complexity index is 511. The van der Waals surface area contributed by atoms with Crippen LogP contribution < -0.4 is 10.4 Å². The van der Waals surface area contributed by atoms with Crippen LogP contribution in [0.1, 0.15) is 0 Å². The first-order chi connectivity index (χ1) is 7.61. The Hall–Kier alpha value is -1.52. The van der Waals surface area contributed by atoms with Gasteiger partial charge in [-0.3, -0.25) is 0 Å². The lowest BCUT2D eigenvalue weighted by Crippen LogP contribution is -2.35. The van der Waals surface area contributed by atoms with E-state index in [-0.39, 0.29) is 0 Å². The lowest BCUT2D eigenvalue weighted by molar-refractivity contribution is 0.426. The van der Waals surface area contributed by atoms with Crippen molar-refractivity contribution in [2.24, 2.45) is 0 Å². The fourth-order valence-electron chi connectivity index (χ4n) is 1.95. The lowest BCUT2D eigenvalue weighted by Gasteiger charge is -2.19. The molecule has 0 aliphatic carbocycles. The van der Waals surface area contributed by atoms with Crippen LogP contribution in [0.2, 0.25) is 0 Å². The molecule has 0 aliphatic rings. The number of hydrogen-bond donors (Lipinski definition) is 2. The molecular formula is C12H14BNO2. The van der Waals surface area contributed by atoms with Gasteiger partial charge in [0, 0.05) is 25.2 Å². The van der Waals surface area contributed by atoms with Crippen molar-refractivity contribution in [1.82, 2.24) is 0 Å². The number of rotatable bonds is 2. The summed E-state index contributed by atoms with van der Waals surface area (Å²) in [5.41, 5.74) is 1.39. The fraction of sp³-hybridized carbons (Fsp3) is 0.167. The topological polar surface area (TPSA) is 43.7 Å². The quantitative estimate of drug-likeness (QED) is 0.720. The number of nitrogens with zero attached hydrogens (tertiary/aromatic N) is 1. The van der Waals surface area contributed by atoms with Gasteiger partial charge >= 0.3 is 7.12 Å². The van der Waals surface area contributed by atoms with Gasteiger partial charge in [0.15, 0.2) is 0 Å². The minimum atomic E-state index is -1.46. The van der Waals surface area contributed by atoms with Crippen LogP contribution in [0.3, 0.4) is 0 Å². The SMILES string of the molecule is CN(C)c1ccc2ccccc2c1B(O)O. The summed E-state index contributed by atoms with van der Waals surface area (Å²) in [6, 6.07) is 11.6. The van der Waals surface area contributed by atoms with Crippen LogP contribution in [0.25, 0.3) is 10.8 Å². The minimum Gasteiger partial charge on any atom is -0.423 e. The van der Waals surface area contributed by atoms with Crippen molar-refractivity contribution in [3.8, 4) is 0 Å². The Morgan fingerprint density at radius 3 is 2.31 bits per heavy atom. The first-order valence-corrected chi connectivity index (χ1v) is 5.16. The molecule has 0 spiro atoms. The zero-order valence-corrected chi connectivity index (χ0v) is 9.38. The van der Waals surface area contributed by atoms with E-state index >= 15 is 0 Å². The van der Waals surface area contributed by atoms with Gasteiger partial charge in [-0.2, -0.15) is 0 Å². The van der Waals surface area contributed by atoms with E-state index in [1.54, 1.807) is 0 Å². The van der Waals surface area contributed by atoms with Gasteiger partial charge in [0.2, 0.25) is 0 Å². The van der Waals surface area contributed by atoms with Crippen LogP contribution in [0.15, 0.2) is 36.4 Å². The molecule has 3 nitrogen and oxygen atoms in total. The van der Waals surface area contributed by atoms with Crippen molar-refractivity contribution in [3.63, 3.8) is 0 Å². The predicted molar refractivity (Wildman–Crippen MR) is 68.1 cm³/mol. The van der Waals surface area contributed by atoms with Crippen LogP contribution >= 0.6 is 0 Å². The highest BCUT2D eigenvalue weighted by molar-refractivity contribution is 6.64. The maximum atomic E-state index is 9.48. The van der Waals surface area contributed by atoms with Crippen LogP contribution in [0, 0.1) is 0 Å². The van der Waals surface area contributed by atoms with Crippen LogP contribution in [-0.2, 0) is 0 Å². The van der Waals surface area contributed by atoms with Gasteiger partial charge < -0.3 is 14.9 Å². The van der Waals surface area contributed by atoms with Crippen molar-refractivity contribution in [2.45, 2.75) is 0 Å². The molecule has 2 rings (SSSR count). The molecule has 0 bridgehead atoms. The number of anilines is 1. The molecule has 4 heteroatoms. The van der Waals surface area contributed by atoms with Crippen molar-refractivity contribution in [1.29, 1.82) is 0 Å². The summed E-state index contributed by atoms with van der Waals surface area (Å²) in [7, 11) is 2.31. The number of fused-ring (bicyclic) bond motifs is 1. The largest absolute Gasteiger partial charge is 0.491 e. The lowest BCUT2D eigenvalue weighted by atomic mass is 9.75. The molecule has 0 saturated carbocycles. The molecule has 0 atom stereocenters. The average Bonchev–Trinajstić information content (AvgIpc) is 2.27. The van der Waals surface area contributed by atoms with E-state index in [1.807, 2.05) is 55.4 Å². The smallest absolute Gasteiger partial charge is 0.423 e. The first-order valence-electron chi connectivity index (χ1n) is 5.16. The summed E-state index contributed by atoms with van der Waals surface area (Å²) in [4.78, 5) is 1.88. The van der Waals surface area contributed by atoms with Gasteiger partial charge in [0.1, 0.15) is 0 Å². The van der Waals surface area contributed by atoms with E-state index < -0.39 is 7.12 Å². The standard InChI is InChI=1S/C12H14BNO2/c1-14(2)11-8-7-9-5-3-4-6-10(9)12(11)13(15)16/h3-8,15-16H,1-2H3. The van der Waals surface area contributed by atoms with Gasteiger partial charge in [-0.05, 0) is 16.8 Å². The van der Waals surface area contributed by atoms with Crippen LogP contribution in [0.5, 0.6) is 0 Å². The highest BCUT2D eigenvalue weighted by Crippen LogP contribution is 2.18. The van der Waals surface area contributed by atoms with E-state index in [0.717, 1.165) is 16.5 Å². The second-order valence-corrected chi connectivity index (χ2v) is 3.99. The van der Waals surface area contributed by atoms with E-state index in [1.165, 1.54) is 0 Å². The molecule has 0 fully saturated rings. The van der Waals surface area contributed by atoms with Gasteiger partial charge in [-0.1, -0.05) is 30.3 Å². The molecule has 2 aromatic rings. The van der Waals surface area contributed by atoms with E-state index in [9.17, 15) is 10.0 Å². The fourth-order valence-corrected chi connectivity index (χ4v) is 1.95. The molecule has 0 unspecified atom stereocenters. The third-order valence-electron chi connectivity index (χ3n) is 2.69. The molecule has 16 heavy (non-hydrogen) atoms. The minimum absolute atomic E-state index is 0.558. The normalized spacial score (nSPS) is 10.5. The second kappa shape index (κ2) is 4.16. The van der Waals surface area contributed by atoms with Gasteiger partial charge in [0.05, 0.1) is 0 Å². The van der Waals surface area contributed by atoms with Crippen molar-refractivity contribution >= 4 is 29.0 Å². The average molecular weight is 215 g/mol. The molecule has 2 aromatic carbocycles. The van der Waals surface area contributed by atoms with Crippen LogP contribution in [-0.4, -0.2) is 31.3 Å². The Kier molecular flexibility index (Phi) is 2.85. The summed E-state index contributed by atoms with van der Waals surface area (Å²) >= 11 is 0. The van der Waals surface area contributed by atoms with Crippen LogP contribution in [0.4, 0.5) is 5.69 Å². The third-order valence-corrected chi connectivity index (χ3v) is 2.69. The molecule has 0 amide bonds. The number of benzene rings is 2. The summed E-state index contributed by atoms with van der Waals surface area (Å²) in [5, 5.41) is 20.8. The van der Waals surface area contributed by atoms with Gasteiger partial charge in [-0.25, -0.2) is 0 Å². The van der Waals surface area contributed by atoms with Gasteiger partial charge in [0.25, 0.3) is 0 Å². The molecule has 0 saturated heterocycles. The maximum Gasteiger partial charge on any atom is 0.491 e. The highest BCUT2D eigenvalue weighted by atomic mass is 16.4. The Labute approximate surface area is 95.1 Å². The predicted octanol–water partition coefficient (Wildman–Crippen LogP) is 0.586. The summed E-state index contributed by atoms with van der Waals surface area (Å²) in [5.74, 6) is 0. The molecule has 0 aromatic heterocycles. The molecular weight excluding hydrogens is 201 g/mol. The third kappa shape index (κ3) is 1.77. The Balaban J connectivity index is 2.79. The Morgan fingerprint density at radius 1 is 1.00 bits per heavy atom. The second-order valence-electron chi connectivity index (χ2n) is 3.99. The van der Waals surface area contributed by atoms with Crippen molar-refractivity contribution < 1.29 is 10.0 Å². The van der Waals surface area contributed by atoms with Crippen molar-refractivity contribution in [2.75, 3.05) is 19.0 Å². The van der Waals surface area contributed by atoms with Gasteiger partial charge in [-0.15, -0.1) is 0 Å². The maximum absolute atomic E-state index is 9.48. The Morgan fingerprint density at radius 2 is 1.69 bits per heavy atom. The van der Waals surface area contributed by atoms with E-state index in [0.29, 0.717) is 5.46 Å². The highest BCUT2D eigenvalue weighted by Gasteiger charge is 2.20. The van der Waals surface area contributed by atoms with E-state index in [4.69, 9.17) is 0 Å². The summed E-state index contributed by atoms with van der Waals surface area (Å²) in [6.45, 7) is 0. The zero-order chi connectivity index (χ0) is 11.7. The summed E-state index contributed by atoms with van der Waals surface area (Å²) in [6.07, 6.45) is 0. The monoisotopic (exact) mass is 215 g/mol. The van der Waals surface area contributed by atoms with E-state index in [2.05, 4.69) is 0 Å². The summed E-state index contributed by atoms with van der Waals surface area (Å²) < 4.78 is 0. The molecule has 0 heterocycles. The molecule has 82 valence electrons. The molecule has 2 N–H and O–H groups in total.